The van der Waals surface area contributed by atoms with Crippen LogP contribution < -0.4 is 0 Å². The van der Waals surface area contributed by atoms with Crippen LogP contribution in [-0.2, 0) is 65.4 Å². The molecule has 0 heterocycles. The molecule has 3 N–H and O–H groups in total. The van der Waals surface area contributed by atoms with Gasteiger partial charge in [0.15, 0.2) is 12.2 Å². The molecule has 0 bridgehead atoms. The zero-order valence-corrected chi connectivity index (χ0v) is 54.4. The average molecular weight is 1210 g/mol. The molecular formula is C63H122O17P2. The summed E-state index contributed by atoms with van der Waals surface area (Å²) in [7, 11) is -9.88. The lowest BCUT2D eigenvalue weighted by atomic mass is 10.0. The van der Waals surface area contributed by atoms with Crippen LogP contribution in [0.2, 0.25) is 0 Å². The molecular weight excluding hydrogens is 1090 g/mol. The Morgan fingerprint density at radius 3 is 0.829 bits per heavy atom. The van der Waals surface area contributed by atoms with Gasteiger partial charge < -0.3 is 33.8 Å². The number of aliphatic hydroxyl groups is 1. The van der Waals surface area contributed by atoms with E-state index in [0.29, 0.717) is 25.7 Å². The summed E-state index contributed by atoms with van der Waals surface area (Å²) in [6.45, 7) is 7.11. The molecule has 2 unspecified atom stereocenters. The molecule has 0 amide bonds. The van der Waals surface area contributed by atoms with Crippen molar-refractivity contribution in [2.75, 3.05) is 39.6 Å². The van der Waals surface area contributed by atoms with E-state index >= 15 is 0 Å². The first-order valence-corrected chi connectivity index (χ1v) is 36.1. The van der Waals surface area contributed by atoms with Gasteiger partial charge >= 0.3 is 39.5 Å². The second-order valence-corrected chi connectivity index (χ2v) is 26.2. The number of ether oxygens (including phenoxy) is 4. The molecule has 0 saturated carbocycles. The van der Waals surface area contributed by atoms with Crippen molar-refractivity contribution in [1.29, 1.82) is 0 Å². The number of hydrogen-bond donors (Lipinski definition) is 3. The third-order valence-corrected chi connectivity index (χ3v) is 16.4. The van der Waals surface area contributed by atoms with E-state index in [1.165, 1.54) is 128 Å². The maximum absolute atomic E-state index is 13.0. The number of unbranched alkanes of at least 4 members (excludes halogenated alkanes) is 35. The second-order valence-electron chi connectivity index (χ2n) is 23.3. The van der Waals surface area contributed by atoms with Gasteiger partial charge in [-0.15, -0.1) is 0 Å². The standard InChI is InChI=1S/C63H122O17P2/c1-6-9-12-15-18-20-22-23-25-27-34-39-44-49-63(68)80-59(53-74-61(66)47-42-37-32-29-28-31-35-40-45-56(4)5)55-78-82(71,72)76-51-57(64)50-75-81(69,70)77-54-58(52-73-60(65)46-41-36-30-17-14-11-8-3)79-62(67)48-43-38-33-26-24-21-19-16-13-10-7-2/h56-59,64H,6-55H2,1-5H3,(H,69,70)(H,71,72)/t57-,58+,59+/m0/s1. The van der Waals surface area contributed by atoms with Crippen LogP contribution in [0.5, 0.6) is 0 Å². The van der Waals surface area contributed by atoms with Crippen molar-refractivity contribution in [1.82, 2.24) is 0 Å². The summed E-state index contributed by atoms with van der Waals surface area (Å²) in [5, 5.41) is 10.5. The number of carbonyl (C=O) groups is 4. The number of esters is 4. The number of phosphoric ester groups is 2. The largest absolute Gasteiger partial charge is 0.472 e. The molecule has 0 saturated heterocycles. The first-order chi connectivity index (χ1) is 39.5. The molecule has 0 spiro atoms. The van der Waals surface area contributed by atoms with Crippen molar-refractivity contribution < 1.29 is 80.2 Å². The zero-order valence-electron chi connectivity index (χ0n) is 52.6. The number of phosphoric acid groups is 2. The maximum Gasteiger partial charge on any atom is 0.472 e. The molecule has 82 heavy (non-hydrogen) atoms. The van der Waals surface area contributed by atoms with Gasteiger partial charge in [0.25, 0.3) is 0 Å². The summed E-state index contributed by atoms with van der Waals surface area (Å²) in [6, 6.07) is 0. The van der Waals surface area contributed by atoms with Gasteiger partial charge in [0, 0.05) is 25.7 Å². The number of aliphatic hydroxyl groups excluding tert-OH is 1. The lowest BCUT2D eigenvalue weighted by molar-refractivity contribution is -0.161. The normalized spacial score (nSPS) is 14.3. The summed E-state index contributed by atoms with van der Waals surface area (Å²) in [4.78, 5) is 72.1. The van der Waals surface area contributed by atoms with E-state index in [-0.39, 0.29) is 25.7 Å². The van der Waals surface area contributed by atoms with Gasteiger partial charge in [0.1, 0.15) is 19.3 Å². The molecule has 0 rings (SSSR count). The highest BCUT2D eigenvalue weighted by molar-refractivity contribution is 7.47. The molecule has 486 valence electrons. The van der Waals surface area contributed by atoms with E-state index in [1.54, 1.807) is 0 Å². The number of carbonyl (C=O) groups excluding carboxylic acids is 4. The Morgan fingerprint density at radius 2 is 0.561 bits per heavy atom. The van der Waals surface area contributed by atoms with Crippen molar-refractivity contribution >= 4 is 39.5 Å². The fourth-order valence-corrected chi connectivity index (χ4v) is 11.0. The minimum absolute atomic E-state index is 0.106. The Morgan fingerprint density at radius 1 is 0.329 bits per heavy atom. The fourth-order valence-electron chi connectivity index (χ4n) is 9.41. The van der Waals surface area contributed by atoms with Gasteiger partial charge in [-0.2, -0.15) is 0 Å². The van der Waals surface area contributed by atoms with E-state index in [9.17, 15) is 43.2 Å². The predicted molar refractivity (Wildman–Crippen MR) is 326 cm³/mol. The molecule has 0 aromatic heterocycles. The van der Waals surface area contributed by atoms with E-state index in [0.717, 1.165) is 109 Å². The smallest absolute Gasteiger partial charge is 0.462 e. The van der Waals surface area contributed by atoms with Gasteiger partial charge in [-0.1, -0.05) is 266 Å². The molecule has 5 atom stereocenters. The van der Waals surface area contributed by atoms with Crippen LogP contribution in [0, 0.1) is 5.92 Å². The van der Waals surface area contributed by atoms with Crippen LogP contribution in [-0.4, -0.2) is 96.7 Å². The minimum Gasteiger partial charge on any atom is -0.462 e. The molecule has 0 aromatic carbocycles. The molecule has 0 aliphatic rings. The molecule has 17 nitrogen and oxygen atoms in total. The first-order valence-electron chi connectivity index (χ1n) is 33.1. The van der Waals surface area contributed by atoms with Crippen LogP contribution in [0.1, 0.15) is 317 Å². The van der Waals surface area contributed by atoms with E-state index in [2.05, 4.69) is 34.6 Å². The van der Waals surface area contributed by atoms with Crippen molar-refractivity contribution in [3.8, 4) is 0 Å². The van der Waals surface area contributed by atoms with Crippen molar-refractivity contribution in [2.24, 2.45) is 5.92 Å². The lowest BCUT2D eigenvalue weighted by Gasteiger charge is -2.21. The number of hydrogen-bond acceptors (Lipinski definition) is 15. The lowest BCUT2D eigenvalue weighted by Crippen LogP contribution is -2.30. The highest BCUT2D eigenvalue weighted by Crippen LogP contribution is 2.45. The van der Waals surface area contributed by atoms with Crippen molar-refractivity contribution in [3.63, 3.8) is 0 Å². The van der Waals surface area contributed by atoms with Gasteiger partial charge in [-0.3, -0.25) is 37.3 Å². The molecule has 0 aliphatic heterocycles. The zero-order chi connectivity index (χ0) is 60.6. The molecule has 19 heteroatoms. The van der Waals surface area contributed by atoms with Gasteiger partial charge in [-0.25, -0.2) is 9.13 Å². The monoisotopic (exact) mass is 1210 g/mol. The summed E-state index contributed by atoms with van der Waals surface area (Å²) < 4.78 is 67.9. The molecule has 0 radical (unpaired) electrons. The van der Waals surface area contributed by atoms with Crippen molar-refractivity contribution in [3.05, 3.63) is 0 Å². The van der Waals surface area contributed by atoms with Crippen LogP contribution in [0.25, 0.3) is 0 Å². The first kappa shape index (κ1) is 80.1. The van der Waals surface area contributed by atoms with Crippen LogP contribution in [0.4, 0.5) is 0 Å². The van der Waals surface area contributed by atoms with E-state index < -0.39 is 97.5 Å². The Balaban J connectivity index is 5.22. The Labute approximate surface area is 498 Å². The summed E-state index contributed by atoms with van der Waals surface area (Å²) >= 11 is 0. The van der Waals surface area contributed by atoms with E-state index in [1.807, 2.05) is 0 Å². The Bertz CT molecular complexity index is 1600. The van der Waals surface area contributed by atoms with Gasteiger partial charge in [-0.05, 0) is 31.6 Å². The van der Waals surface area contributed by atoms with Crippen molar-refractivity contribution in [2.45, 2.75) is 335 Å². The predicted octanol–water partition coefficient (Wildman–Crippen LogP) is 17.4. The molecule has 0 fully saturated rings. The van der Waals surface area contributed by atoms with Crippen LogP contribution >= 0.6 is 15.6 Å². The Kier molecular flexibility index (Phi) is 55.5. The molecule has 0 aromatic rings. The fraction of sp³-hybridized carbons (Fsp3) is 0.937. The third kappa shape index (κ3) is 57.2. The SMILES string of the molecule is CCCCCCCCCCCCCCCC(=O)O[C@H](COC(=O)CCCCCCCCCCC(C)C)COP(=O)(O)OC[C@@H](O)COP(=O)(O)OC[C@@H](COC(=O)CCCCCCCCC)OC(=O)CCCCCCCCCCCCC. The summed E-state index contributed by atoms with van der Waals surface area (Å²) in [5.74, 6) is -1.41. The topological polar surface area (TPSA) is 237 Å². The van der Waals surface area contributed by atoms with E-state index in [4.69, 9.17) is 37.0 Å². The number of rotatable bonds is 63. The van der Waals surface area contributed by atoms with Crippen LogP contribution in [0.3, 0.4) is 0 Å². The van der Waals surface area contributed by atoms with Crippen LogP contribution in [0.15, 0.2) is 0 Å². The minimum atomic E-state index is -4.94. The Hall–Kier alpha value is -1.94. The highest BCUT2D eigenvalue weighted by Gasteiger charge is 2.30. The third-order valence-electron chi connectivity index (χ3n) is 14.5. The summed E-state index contributed by atoms with van der Waals surface area (Å²) in [5.41, 5.74) is 0. The molecule has 0 aliphatic carbocycles. The van der Waals surface area contributed by atoms with Gasteiger partial charge in [0.05, 0.1) is 26.4 Å². The maximum atomic E-state index is 13.0. The van der Waals surface area contributed by atoms with Gasteiger partial charge in [0.2, 0.25) is 0 Å². The summed E-state index contributed by atoms with van der Waals surface area (Å²) in [6.07, 6.45) is 40.3. The quantitative estimate of drug-likeness (QED) is 0.0222. The average Bonchev–Trinajstić information content (AvgIpc) is 3.46. The second kappa shape index (κ2) is 56.8. The highest BCUT2D eigenvalue weighted by atomic mass is 31.2.